The van der Waals surface area contributed by atoms with Gasteiger partial charge in [0.25, 0.3) is 0 Å². The molecule has 2 heterocycles. The van der Waals surface area contributed by atoms with Gasteiger partial charge < -0.3 is 10.2 Å². The number of aryl methyl sites for hydroxylation is 1. The predicted molar refractivity (Wildman–Crippen MR) is 87.9 cm³/mol. The van der Waals surface area contributed by atoms with Gasteiger partial charge in [-0.05, 0) is 38.5 Å². The van der Waals surface area contributed by atoms with Crippen molar-refractivity contribution in [3.05, 3.63) is 11.9 Å². The summed E-state index contributed by atoms with van der Waals surface area (Å²) >= 11 is 0. The molecule has 1 N–H and O–H groups in total. The first-order chi connectivity index (χ1) is 10.3. The van der Waals surface area contributed by atoms with Gasteiger partial charge in [0.15, 0.2) is 0 Å². The van der Waals surface area contributed by atoms with Crippen LogP contribution in [0, 0.1) is 5.92 Å². The molecule has 1 saturated heterocycles. The number of nitrogens with zero attached hydrogens (tertiary/aromatic N) is 3. The Balaban J connectivity index is 1.85. The van der Waals surface area contributed by atoms with Gasteiger partial charge in [0, 0.05) is 31.6 Å². The zero-order valence-corrected chi connectivity index (χ0v) is 13.4. The maximum absolute atomic E-state index is 4.81. The first-order valence-electron chi connectivity index (χ1n) is 8.70. The van der Waals surface area contributed by atoms with Gasteiger partial charge in [-0.3, -0.25) is 0 Å². The summed E-state index contributed by atoms with van der Waals surface area (Å²) in [7, 11) is 0. The summed E-state index contributed by atoms with van der Waals surface area (Å²) in [6.07, 6.45) is 9.20. The fourth-order valence-electron chi connectivity index (χ4n) is 3.97. The van der Waals surface area contributed by atoms with E-state index in [4.69, 9.17) is 4.98 Å². The Morgan fingerprint density at radius 2 is 1.95 bits per heavy atom. The molecule has 0 radical (unpaired) electrons. The van der Waals surface area contributed by atoms with Crippen LogP contribution in [0.4, 0.5) is 11.6 Å². The number of rotatable bonds is 5. The van der Waals surface area contributed by atoms with Crippen LogP contribution in [0.15, 0.2) is 6.07 Å². The van der Waals surface area contributed by atoms with Crippen LogP contribution >= 0.6 is 0 Å². The molecule has 4 heteroatoms. The van der Waals surface area contributed by atoms with Gasteiger partial charge in [-0.2, -0.15) is 0 Å². The number of anilines is 2. The fourth-order valence-corrected chi connectivity index (χ4v) is 3.97. The highest BCUT2D eigenvalue weighted by molar-refractivity contribution is 5.51. The van der Waals surface area contributed by atoms with Crippen LogP contribution in [0.25, 0.3) is 0 Å². The molecule has 3 rings (SSSR count). The summed E-state index contributed by atoms with van der Waals surface area (Å²) in [5, 5.41) is 3.35. The van der Waals surface area contributed by atoms with Crippen LogP contribution < -0.4 is 10.2 Å². The van der Waals surface area contributed by atoms with Crippen molar-refractivity contribution in [3.8, 4) is 0 Å². The topological polar surface area (TPSA) is 41.0 Å². The molecule has 0 amide bonds. The summed E-state index contributed by atoms with van der Waals surface area (Å²) in [5.74, 6) is 3.97. The van der Waals surface area contributed by atoms with Gasteiger partial charge >= 0.3 is 0 Å². The molecular formula is C17H28N4. The van der Waals surface area contributed by atoms with E-state index in [-0.39, 0.29) is 0 Å². The van der Waals surface area contributed by atoms with Crippen molar-refractivity contribution < 1.29 is 0 Å². The van der Waals surface area contributed by atoms with Crippen molar-refractivity contribution in [1.29, 1.82) is 0 Å². The van der Waals surface area contributed by atoms with E-state index in [1.807, 2.05) is 0 Å². The quantitative estimate of drug-likeness (QED) is 0.898. The highest BCUT2D eigenvalue weighted by atomic mass is 15.2. The fraction of sp³-hybridized carbons (Fsp3) is 0.765. The predicted octanol–water partition coefficient (Wildman–Crippen LogP) is 3.63. The van der Waals surface area contributed by atoms with Crippen molar-refractivity contribution in [2.24, 2.45) is 5.92 Å². The van der Waals surface area contributed by atoms with Crippen LogP contribution in [0.5, 0.6) is 0 Å². The lowest BCUT2D eigenvalue weighted by Gasteiger charge is -2.30. The lowest BCUT2D eigenvalue weighted by Crippen LogP contribution is -2.35. The maximum atomic E-state index is 4.81. The van der Waals surface area contributed by atoms with E-state index in [1.54, 1.807) is 0 Å². The number of hydrogen-bond donors (Lipinski definition) is 1. The van der Waals surface area contributed by atoms with Gasteiger partial charge in [-0.15, -0.1) is 0 Å². The molecule has 1 aromatic rings. The van der Waals surface area contributed by atoms with Crippen LogP contribution in [-0.4, -0.2) is 29.1 Å². The molecule has 1 unspecified atom stereocenters. The highest BCUT2D eigenvalue weighted by Gasteiger charge is 2.34. The molecule has 1 aromatic heterocycles. The Bertz CT molecular complexity index is 468. The maximum Gasteiger partial charge on any atom is 0.134 e. The van der Waals surface area contributed by atoms with Crippen molar-refractivity contribution in [2.75, 3.05) is 23.3 Å². The third kappa shape index (κ3) is 3.14. The molecule has 2 fully saturated rings. The molecular weight excluding hydrogens is 260 g/mol. The van der Waals surface area contributed by atoms with Gasteiger partial charge in [-0.25, -0.2) is 9.97 Å². The SMILES string of the molecule is CCNc1cc(N2CCCC2C2CCCC2)nc(CC)n1. The van der Waals surface area contributed by atoms with Crippen molar-refractivity contribution in [3.63, 3.8) is 0 Å². The molecule has 1 saturated carbocycles. The molecule has 21 heavy (non-hydrogen) atoms. The van der Waals surface area contributed by atoms with Crippen molar-refractivity contribution in [1.82, 2.24) is 9.97 Å². The second-order valence-electron chi connectivity index (χ2n) is 6.36. The van der Waals surface area contributed by atoms with Crippen LogP contribution in [0.3, 0.4) is 0 Å². The summed E-state index contributed by atoms with van der Waals surface area (Å²) in [6, 6.07) is 2.86. The summed E-state index contributed by atoms with van der Waals surface area (Å²) in [4.78, 5) is 12.0. The minimum absolute atomic E-state index is 0.710. The average molecular weight is 288 g/mol. The van der Waals surface area contributed by atoms with Crippen molar-refractivity contribution in [2.45, 2.75) is 64.8 Å². The lowest BCUT2D eigenvalue weighted by atomic mass is 9.96. The second kappa shape index (κ2) is 6.63. The molecule has 0 aromatic carbocycles. The van der Waals surface area contributed by atoms with Gasteiger partial charge in [0.05, 0.1) is 0 Å². The minimum atomic E-state index is 0.710. The second-order valence-corrected chi connectivity index (χ2v) is 6.36. The molecule has 0 spiro atoms. The Hall–Kier alpha value is -1.32. The van der Waals surface area contributed by atoms with Crippen LogP contribution in [-0.2, 0) is 6.42 Å². The first-order valence-corrected chi connectivity index (χ1v) is 8.70. The Labute approximate surface area is 128 Å². The Kier molecular flexibility index (Phi) is 4.61. The molecule has 1 aliphatic heterocycles. The Morgan fingerprint density at radius 3 is 2.67 bits per heavy atom. The first kappa shape index (κ1) is 14.6. The third-order valence-corrected chi connectivity index (χ3v) is 4.97. The molecule has 1 aliphatic carbocycles. The molecule has 0 bridgehead atoms. The molecule has 1 atom stereocenters. The number of nitrogens with one attached hydrogen (secondary N) is 1. The number of aromatic nitrogens is 2. The van der Waals surface area contributed by atoms with E-state index in [0.29, 0.717) is 6.04 Å². The van der Waals surface area contributed by atoms with Crippen molar-refractivity contribution >= 4 is 11.6 Å². The minimum Gasteiger partial charge on any atom is -0.370 e. The van der Waals surface area contributed by atoms with E-state index < -0.39 is 0 Å². The number of hydrogen-bond acceptors (Lipinski definition) is 4. The van der Waals surface area contributed by atoms with E-state index >= 15 is 0 Å². The third-order valence-electron chi connectivity index (χ3n) is 4.97. The largest absolute Gasteiger partial charge is 0.370 e. The smallest absolute Gasteiger partial charge is 0.134 e. The van der Waals surface area contributed by atoms with E-state index in [1.165, 1.54) is 38.5 Å². The van der Waals surface area contributed by atoms with Gasteiger partial charge in [0.1, 0.15) is 17.5 Å². The van der Waals surface area contributed by atoms with E-state index in [9.17, 15) is 0 Å². The van der Waals surface area contributed by atoms with E-state index in [2.05, 4.69) is 35.1 Å². The summed E-state index contributed by atoms with van der Waals surface area (Å²) in [6.45, 7) is 6.32. The van der Waals surface area contributed by atoms with E-state index in [0.717, 1.165) is 42.9 Å². The average Bonchev–Trinajstić information content (AvgIpc) is 3.17. The van der Waals surface area contributed by atoms with Crippen LogP contribution in [0.2, 0.25) is 0 Å². The Morgan fingerprint density at radius 1 is 1.14 bits per heavy atom. The van der Waals surface area contributed by atoms with Gasteiger partial charge in [-0.1, -0.05) is 19.8 Å². The molecule has 4 nitrogen and oxygen atoms in total. The summed E-state index contributed by atoms with van der Waals surface area (Å²) in [5.41, 5.74) is 0. The molecule has 2 aliphatic rings. The zero-order chi connectivity index (χ0) is 14.7. The van der Waals surface area contributed by atoms with Gasteiger partial charge in [0.2, 0.25) is 0 Å². The lowest BCUT2D eigenvalue weighted by molar-refractivity contribution is 0.429. The highest BCUT2D eigenvalue weighted by Crippen LogP contribution is 2.37. The standard InChI is InChI=1S/C17H28N4/c1-3-15-19-16(18-4-2)12-17(20-15)21-11-7-10-14(21)13-8-5-6-9-13/h12-14H,3-11H2,1-2H3,(H,18,19,20). The normalized spacial score (nSPS) is 23.0. The van der Waals surface area contributed by atoms with Crippen LogP contribution in [0.1, 0.15) is 58.2 Å². The molecule has 116 valence electrons. The summed E-state index contributed by atoms with van der Waals surface area (Å²) < 4.78 is 0. The monoisotopic (exact) mass is 288 g/mol. The zero-order valence-electron chi connectivity index (χ0n) is 13.4.